The third-order valence-electron chi connectivity index (χ3n) is 2.40. The van der Waals surface area contributed by atoms with E-state index in [9.17, 15) is 5.11 Å². The molecule has 0 bridgehead atoms. The van der Waals surface area contributed by atoms with Crippen LogP contribution in [0.4, 0.5) is 0 Å². The van der Waals surface area contributed by atoms with Crippen LogP contribution in [0, 0.1) is 0 Å². The SMILES string of the molecule is OC1(CSc2ncn[nH]2)CCCC1. The summed E-state index contributed by atoms with van der Waals surface area (Å²) in [6.07, 6.45) is 5.63. The van der Waals surface area contributed by atoms with Crippen LogP contribution < -0.4 is 0 Å². The molecule has 72 valence electrons. The van der Waals surface area contributed by atoms with Gasteiger partial charge in [-0.3, -0.25) is 5.10 Å². The third-order valence-corrected chi connectivity index (χ3v) is 3.56. The van der Waals surface area contributed by atoms with Gasteiger partial charge in [-0.1, -0.05) is 24.6 Å². The molecule has 0 saturated heterocycles. The van der Waals surface area contributed by atoms with Gasteiger partial charge in [0.05, 0.1) is 5.60 Å². The zero-order valence-corrected chi connectivity index (χ0v) is 8.18. The number of rotatable bonds is 3. The number of thioether (sulfide) groups is 1. The molecule has 1 heterocycles. The zero-order chi connectivity index (χ0) is 9.15. The summed E-state index contributed by atoms with van der Waals surface area (Å²) in [6, 6.07) is 0. The normalized spacial score (nSPS) is 20.7. The number of H-pyrrole nitrogens is 1. The fraction of sp³-hybridized carbons (Fsp3) is 0.750. The van der Waals surface area contributed by atoms with Crippen LogP contribution in [-0.2, 0) is 0 Å². The molecule has 0 aromatic carbocycles. The minimum absolute atomic E-state index is 0.461. The first kappa shape index (κ1) is 9.02. The van der Waals surface area contributed by atoms with Crippen LogP contribution in [-0.4, -0.2) is 31.6 Å². The predicted octanol–water partition coefficient (Wildman–Crippen LogP) is 1.20. The highest BCUT2D eigenvalue weighted by Gasteiger charge is 2.31. The van der Waals surface area contributed by atoms with Gasteiger partial charge in [0, 0.05) is 5.75 Å². The van der Waals surface area contributed by atoms with E-state index in [-0.39, 0.29) is 0 Å². The lowest BCUT2D eigenvalue weighted by molar-refractivity contribution is 0.0732. The fourth-order valence-corrected chi connectivity index (χ4v) is 2.58. The Bertz CT molecular complexity index is 256. The number of hydrogen-bond donors (Lipinski definition) is 2. The number of hydrogen-bond acceptors (Lipinski definition) is 4. The molecule has 5 heteroatoms. The topological polar surface area (TPSA) is 61.8 Å². The van der Waals surface area contributed by atoms with Crippen LogP contribution >= 0.6 is 11.8 Å². The second-order valence-corrected chi connectivity index (χ2v) is 4.47. The molecule has 1 aliphatic rings. The maximum absolute atomic E-state index is 10.0. The maximum Gasteiger partial charge on any atom is 0.183 e. The Hall–Kier alpha value is -0.550. The molecule has 0 radical (unpaired) electrons. The molecule has 0 amide bonds. The molecule has 2 N–H and O–H groups in total. The summed E-state index contributed by atoms with van der Waals surface area (Å²) in [5.41, 5.74) is -0.461. The molecule has 1 aromatic heterocycles. The lowest BCUT2D eigenvalue weighted by Gasteiger charge is -2.20. The molecular formula is C8H13N3OS. The lowest BCUT2D eigenvalue weighted by atomic mass is 10.1. The average Bonchev–Trinajstić information content (AvgIpc) is 2.72. The summed E-state index contributed by atoms with van der Waals surface area (Å²) >= 11 is 1.54. The lowest BCUT2D eigenvalue weighted by Crippen LogP contribution is -2.27. The minimum atomic E-state index is -0.461. The third kappa shape index (κ3) is 2.22. The first-order valence-corrected chi connectivity index (χ1v) is 5.48. The Kier molecular flexibility index (Phi) is 2.55. The second-order valence-electron chi connectivity index (χ2n) is 3.51. The first-order valence-electron chi connectivity index (χ1n) is 4.49. The summed E-state index contributed by atoms with van der Waals surface area (Å²) in [4.78, 5) is 3.99. The Balaban J connectivity index is 1.85. The van der Waals surface area contributed by atoms with E-state index in [1.54, 1.807) is 11.8 Å². The quantitative estimate of drug-likeness (QED) is 0.718. The fourth-order valence-electron chi connectivity index (χ4n) is 1.64. The van der Waals surface area contributed by atoms with Gasteiger partial charge >= 0.3 is 0 Å². The van der Waals surface area contributed by atoms with Crippen molar-refractivity contribution in [3.8, 4) is 0 Å². The minimum Gasteiger partial charge on any atom is -0.389 e. The number of nitrogens with zero attached hydrogens (tertiary/aromatic N) is 2. The number of nitrogens with one attached hydrogen (secondary N) is 1. The van der Waals surface area contributed by atoms with E-state index < -0.39 is 5.60 Å². The van der Waals surface area contributed by atoms with Crippen molar-refractivity contribution < 1.29 is 5.11 Å². The summed E-state index contributed by atoms with van der Waals surface area (Å²) < 4.78 is 0. The monoisotopic (exact) mass is 199 g/mol. The van der Waals surface area contributed by atoms with Crippen molar-refractivity contribution in [3.05, 3.63) is 6.33 Å². The van der Waals surface area contributed by atoms with Crippen LogP contribution in [0.5, 0.6) is 0 Å². The molecule has 0 unspecified atom stereocenters. The first-order chi connectivity index (χ1) is 6.29. The number of aliphatic hydroxyl groups is 1. The van der Waals surface area contributed by atoms with Crippen molar-refractivity contribution in [3.63, 3.8) is 0 Å². The Labute approximate surface area is 81.1 Å². The number of aromatic nitrogens is 3. The highest BCUT2D eigenvalue weighted by atomic mass is 32.2. The van der Waals surface area contributed by atoms with E-state index in [0.717, 1.165) is 36.6 Å². The van der Waals surface area contributed by atoms with E-state index in [1.165, 1.54) is 6.33 Å². The number of aromatic amines is 1. The van der Waals surface area contributed by atoms with Crippen molar-refractivity contribution >= 4 is 11.8 Å². The van der Waals surface area contributed by atoms with Crippen LogP contribution in [0.3, 0.4) is 0 Å². The van der Waals surface area contributed by atoms with Gasteiger partial charge in [0.1, 0.15) is 6.33 Å². The largest absolute Gasteiger partial charge is 0.389 e. The molecule has 1 aromatic rings. The van der Waals surface area contributed by atoms with E-state index in [0.29, 0.717) is 0 Å². The van der Waals surface area contributed by atoms with Gasteiger partial charge in [0.15, 0.2) is 5.16 Å². The van der Waals surface area contributed by atoms with E-state index in [4.69, 9.17) is 0 Å². The second kappa shape index (κ2) is 3.67. The molecule has 1 aliphatic carbocycles. The van der Waals surface area contributed by atoms with Gasteiger partial charge in [-0.15, -0.1) is 0 Å². The highest BCUT2D eigenvalue weighted by Crippen LogP contribution is 2.33. The smallest absolute Gasteiger partial charge is 0.183 e. The molecule has 0 aliphatic heterocycles. The highest BCUT2D eigenvalue weighted by molar-refractivity contribution is 7.99. The van der Waals surface area contributed by atoms with Gasteiger partial charge < -0.3 is 5.11 Å². The zero-order valence-electron chi connectivity index (χ0n) is 7.36. The molecule has 2 rings (SSSR count). The predicted molar refractivity (Wildman–Crippen MR) is 50.5 cm³/mol. The van der Waals surface area contributed by atoms with E-state index >= 15 is 0 Å². The van der Waals surface area contributed by atoms with Gasteiger partial charge in [-0.2, -0.15) is 5.10 Å². The van der Waals surface area contributed by atoms with Crippen molar-refractivity contribution in [2.45, 2.75) is 36.4 Å². The maximum atomic E-state index is 10.0. The summed E-state index contributed by atoms with van der Waals surface area (Å²) in [6.45, 7) is 0. The summed E-state index contributed by atoms with van der Waals surface area (Å²) in [7, 11) is 0. The van der Waals surface area contributed by atoms with Crippen molar-refractivity contribution in [1.29, 1.82) is 0 Å². The average molecular weight is 199 g/mol. The van der Waals surface area contributed by atoms with E-state index in [2.05, 4.69) is 15.2 Å². The Morgan fingerprint density at radius 1 is 1.54 bits per heavy atom. The summed E-state index contributed by atoms with van der Waals surface area (Å²) in [5, 5.41) is 17.3. The Morgan fingerprint density at radius 3 is 2.92 bits per heavy atom. The molecule has 0 spiro atoms. The molecule has 1 saturated carbocycles. The van der Waals surface area contributed by atoms with Crippen LogP contribution in [0.25, 0.3) is 0 Å². The molecule has 13 heavy (non-hydrogen) atoms. The van der Waals surface area contributed by atoms with Gasteiger partial charge in [-0.05, 0) is 12.8 Å². The van der Waals surface area contributed by atoms with E-state index in [1.807, 2.05) is 0 Å². The molecular weight excluding hydrogens is 186 g/mol. The standard InChI is InChI=1S/C8H13N3OS/c12-8(3-1-2-4-8)5-13-7-9-6-10-11-7/h6,12H,1-5H2,(H,9,10,11). The van der Waals surface area contributed by atoms with Gasteiger partial charge in [-0.25, -0.2) is 4.98 Å². The van der Waals surface area contributed by atoms with Crippen molar-refractivity contribution in [2.24, 2.45) is 0 Å². The van der Waals surface area contributed by atoms with Crippen LogP contribution in [0.1, 0.15) is 25.7 Å². The van der Waals surface area contributed by atoms with Gasteiger partial charge in [0.2, 0.25) is 0 Å². The molecule has 0 atom stereocenters. The van der Waals surface area contributed by atoms with Crippen LogP contribution in [0.15, 0.2) is 11.5 Å². The molecule has 4 nitrogen and oxygen atoms in total. The van der Waals surface area contributed by atoms with Crippen LogP contribution in [0.2, 0.25) is 0 Å². The summed E-state index contributed by atoms with van der Waals surface area (Å²) in [5.74, 6) is 0.724. The Morgan fingerprint density at radius 2 is 2.31 bits per heavy atom. The molecule has 1 fully saturated rings. The van der Waals surface area contributed by atoms with Crippen molar-refractivity contribution in [2.75, 3.05) is 5.75 Å². The van der Waals surface area contributed by atoms with Gasteiger partial charge in [0.25, 0.3) is 0 Å². The van der Waals surface area contributed by atoms with Crippen molar-refractivity contribution in [1.82, 2.24) is 15.2 Å².